The lowest BCUT2D eigenvalue weighted by Gasteiger charge is -2.21. The maximum Gasteiger partial charge on any atom is 0.295 e. The molecule has 0 bridgehead atoms. The van der Waals surface area contributed by atoms with Gasteiger partial charge in [0.1, 0.15) is 0 Å². The molecule has 3 heteroatoms. The fourth-order valence-corrected chi connectivity index (χ4v) is 1.78. The number of hydrogen-bond acceptors (Lipinski definition) is 2. The van der Waals surface area contributed by atoms with Gasteiger partial charge in [0.05, 0.1) is 5.92 Å². The van der Waals surface area contributed by atoms with Gasteiger partial charge >= 0.3 is 0 Å². The van der Waals surface area contributed by atoms with Gasteiger partial charge in [0.2, 0.25) is 8.32 Å². The van der Waals surface area contributed by atoms with E-state index in [0.717, 1.165) is 12.8 Å². The summed E-state index contributed by atoms with van der Waals surface area (Å²) in [6, 6.07) is 0. The monoisotopic (exact) mass is 188 g/mol. The van der Waals surface area contributed by atoms with Gasteiger partial charge in [-0.1, -0.05) is 13.8 Å². The molecular formula is C9H20O2Si. The molecule has 0 N–H and O–H groups in total. The Labute approximate surface area is 76.4 Å². The summed E-state index contributed by atoms with van der Waals surface area (Å²) in [6.07, 6.45) is 1.78. The molecule has 0 atom stereocenters. The Balaban J connectivity index is 4.02. The van der Waals surface area contributed by atoms with Crippen LogP contribution in [0.3, 0.4) is 0 Å². The molecule has 0 aliphatic rings. The summed E-state index contributed by atoms with van der Waals surface area (Å²) in [4.78, 5) is 11.4. The second-order valence-electron chi connectivity index (χ2n) is 4.05. The standard InChI is InChI=1S/C9H20O2Si/c1-6-8(7-2)9(10)11-12(3,4)5/h8H,6-7H2,1-5H3. The molecular weight excluding hydrogens is 168 g/mol. The quantitative estimate of drug-likeness (QED) is 0.634. The van der Waals surface area contributed by atoms with Crippen LogP contribution in [-0.2, 0) is 9.22 Å². The van der Waals surface area contributed by atoms with Crippen LogP contribution in [-0.4, -0.2) is 14.3 Å². The van der Waals surface area contributed by atoms with Crippen molar-refractivity contribution in [2.24, 2.45) is 5.92 Å². The van der Waals surface area contributed by atoms with Crippen LogP contribution in [0.15, 0.2) is 0 Å². The third-order valence-electron chi connectivity index (χ3n) is 1.73. The van der Waals surface area contributed by atoms with Crippen molar-refractivity contribution in [3.05, 3.63) is 0 Å². The lowest BCUT2D eigenvalue weighted by Crippen LogP contribution is -2.32. The number of carbonyl (C=O) groups excluding carboxylic acids is 1. The maximum absolute atomic E-state index is 11.4. The van der Waals surface area contributed by atoms with E-state index in [1.807, 2.05) is 33.5 Å². The smallest absolute Gasteiger partial charge is 0.295 e. The summed E-state index contributed by atoms with van der Waals surface area (Å²) >= 11 is 0. The van der Waals surface area contributed by atoms with Gasteiger partial charge in [-0.25, -0.2) is 0 Å². The highest BCUT2D eigenvalue weighted by atomic mass is 28.4. The summed E-state index contributed by atoms with van der Waals surface area (Å²) in [6.45, 7) is 10.2. The van der Waals surface area contributed by atoms with Gasteiger partial charge < -0.3 is 4.43 Å². The van der Waals surface area contributed by atoms with E-state index < -0.39 is 8.32 Å². The highest BCUT2D eigenvalue weighted by molar-refractivity contribution is 6.71. The largest absolute Gasteiger partial charge is 0.520 e. The van der Waals surface area contributed by atoms with E-state index in [9.17, 15) is 4.79 Å². The molecule has 0 unspecified atom stereocenters. The predicted octanol–water partition coefficient (Wildman–Crippen LogP) is 2.80. The van der Waals surface area contributed by atoms with Crippen molar-refractivity contribution in [3.8, 4) is 0 Å². The van der Waals surface area contributed by atoms with E-state index in [-0.39, 0.29) is 11.9 Å². The van der Waals surface area contributed by atoms with E-state index in [4.69, 9.17) is 4.43 Å². The molecule has 0 heterocycles. The maximum atomic E-state index is 11.4. The molecule has 0 amide bonds. The number of rotatable bonds is 4. The highest BCUT2D eigenvalue weighted by Crippen LogP contribution is 2.13. The number of hydrogen-bond donors (Lipinski definition) is 0. The van der Waals surface area contributed by atoms with Gasteiger partial charge in [0.25, 0.3) is 5.97 Å². The molecule has 12 heavy (non-hydrogen) atoms. The summed E-state index contributed by atoms with van der Waals surface area (Å²) in [5.41, 5.74) is 0. The molecule has 0 aliphatic heterocycles. The first-order valence-electron chi connectivity index (χ1n) is 4.63. The van der Waals surface area contributed by atoms with E-state index in [1.54, 1.807) is 0 Å². The van der Waals surface area contributed by atoms with Gasteiger partial charge in [-0.15, -0.1) is 0 Å². The average molecular weight is 188 g/mol. The van der Waals surface area contributed by atoms with E-state index in [0.29, 0.717) is 0 Å². The molecule has 72 valence electrons. The summed E-state index contributed by atoms with van der Waals surface area (Å²) in [7, 11) is -1.67. The van der Waals surface area contributed by atoms with Crippen molar-refractivity contribution in [2.75, 3.05) is 0 Å². The van der Waals surface area contributed by atoms with Gasteiger partial charge in [-0.2, -0.15) is 0 Å². The van der Waals surface area contributed by atoms with E-state index in [1.165, 1.54) is 0 Å². The zero-order valence-electron chi connectivity index (χ0n) is 8.81. The lowest BCUT2D eigenvalue weighted by atomic mass is 10.0. The third-order valence-corrected chi connectivity index (χ3v) is 2.54. The van der Waals surface area contributed by atoms with Gasteiger partial charge in [0.15, 0.2) is 0 Å². The molecule has 0 saturated heterocycles. The topological polar surface area (TPSA) is 26.3 Å². The van der Waals surface area contributed by atoms with Crippen LogP contribution in [0.25, 0.3) is 0 Å². The summed E-state index contributed by atoms with van der Waals surface area (Å²) in [5.74, 6) is 0.107. The highest BCUT2D eigenvalue weighted by Gasteiger charge is 2.24. The molecule has 0 aromatic heterocycles. The Morgan fingerprint density at radius 1 is 1.25 bits per heavy atom. The molecule has 0 aromatic carbocycles. The Hall–Kier alpha value is -0.313. The average Bonchev–Trinajstić information content (AvgIpc) is 1.85. The van der Waals surface area contributed by atoms with E-state index in [2.05, 4.69) is 0 Å². The van der Waals surface area contributed by atoms with Crippen molar-refractivity contribution >= 4 is 14.3 Å². The molecule has 0 fully saturated rings. The molecule has 0 aliphatic carbocycles. The minimum absolute atomic E-state index is 0.000772. The minimum Gasteiger partial charge on any atom is -0.520 e. The van der Waals surface area contributed by atoms with Gasteiger partial charge in [-0.3, -0.25) is 4.79 Å². The molecule has 0 rings (SSSR count). The molecule has 2 nitrogen and oxygen atoms in total. The fourth-order valence-electron chi connectivity index (χ4n) is 1.01. The van der Waals surface area contributed by atoms with Crippen molar-refractivity contribution in [2.45, 2.75) is 46.3 Å². The third kappa shape index (κ3) is 4.54. The minimum atomic E-state index is -1.67. The first-order chi connectivity index (χ1) is 5.40. The first-order valence-corrected chi connectivity index (χ1v) is 8.04. The Bertz CT molecular complexity index is 145. The van der Waals surface area contributed by atoms with Crippen molar-refractivity contribution in [1.82, 2.24) is 0 Å². The summed E-state index contributed by atoms with van der Waals surface area (Å²) in [5, 5.41) is 0. The molecule has 0 spiro atoms. The van der Waals surface area contributed by atoms with Crippen molar-refractivity contribution in [1.29, 1.82) is 0 Å². The van der Waals surface area contributed by atoms with Gasteiger partial charge in [-0.05, 0) is 32.5 Å². The second kappa shape index (κ2) is 4.65. The Morgan fingerprint density at radius 3 is 1.92 bits per heavy atom. The molecule has 0 saturated carbocycles. The molecule has 0 aromatic rings. The van der Waals surface area contributed by atoms with Crippen molar-refractivity contribution in [3.63, 3.8) is 0 Å². The normalized spacial score (nSPS) is 11.8. The van der Waals surface area contributed by atoms with Crippen molar-refractivity contribution < 1.29 is 9.22 Å². The first kappa shape index (κ1) is 11.7. The van der Waals surface area contributed by atoms with Crippen LogP contribution < -0.4 is 0 Å². The zero-order chi connectivity index (χ0) is 9.78. The fraction of sp³-hybridized carbons (Fsp3) is 0.889. The van der Waals surface area contributed by atoms with Crippen LogP contribution in [0.4, 0.5) is 0 Å². The number of carbonyl (C=O) groups is 1. The second-order valence-corrected chi connectivity index (χ2v) is 8.48. The van der Waals surface area contributed by atoms with E-state index >= 15 is 0 Å². The summed E-state index contributed by atoms with van der Waals surface area (Å²) < 4.78 is 5.38. The van der Waals surface area contributed by atoms with Crippen LogP contribution in [0.1, 0.15) is 26.7 Å². The van der Waals surface area contributed by atoms with Crippen LogP contribution in [0, 0.1) is 5.92 Å². The van der Waals surface area contributed by atoms with Crippen LogP contribution in [0.5, 0.6) is 0 Å². The zero-order valence-corrected chi connectivity index (χ0v) is 9.81. The molecule has 0 radical (unpaired) electrons. The predicted molar refractivity (Wildman–Crippen MR) is 53.5 cm³/mol. The lowest BCUT2D eigenvalue weighted by molar-refractivity contribution is -0.139. The van der Waals surface area contributed by atoms with Gasteiger partial charge in [0, 0.05) is 0 Å². The van der Waals surface area contributed by atoms with Crippen LogP contribution >= 0.6 is 0 Å². The Kier molecular flexibility index (Phi) is 4.53. The van der Waals surface area contributed by atoms with Crippen LogP contribution in [0.2, 0.25) is 19.6 Å². The Morgan fingerprint density at radius 2 is 1.67 bits per heavy atom. The SMILES string of the molecule is CCC(CC)C(=O)O[Si](C)(C)C.